The van der Waals surface area contributed by atoms with Gasteiger partial charge in [0.15, 0.2) is 0 Å². The van der Waals surface area contributed by atoms with E-state index in [2.05, 4.69) is 31.0 Å². The highest BCUT2D eigenvalue weighted by Crippen LogP contribution is 2.31. The van der Waals surface area contributed by atoms with E-state index in [-0.39, 0.29) is 0 Å². The maximum atomic E-state index is 3.63. The molecule has 0 aromatic rings. The molecule has 0 aromatic carbocycles. The summed E-state index contributed by atoms with van der Waals surface area (Å²) in [6, 6.07) is 0. The summed E-state index contributed by atoms with van der Waals surface area (Å²) in [7, 11) is 0. The van der Waals surface area contributed by atoms with E-state index >= 15 is 0 Å². The van der Waals surface area contributed by atoms with Crippen molar-refractivity contribution >= 4 is 0 Å². The van der Waals surface area contributed by atoms with Crippen molar-refractivity contribution in [3.8, 4) is 0 Å². The molecule has 0 radical (unpaired) electrons. The van der Waals surface area contributed by atoms with Crippen LogP contribution in [0.3, 0.4) is 0 Å². The first kappa shape index (κ1) is 16.3. The highest BCUT2D eigenvalue weighted by Gasteiger charge is 2.24. The highest BCUT2D eigenvalue weighted by atomic mass is 15.1. The van der Waals surface area contributed by atoms with Crippen molar-refractivity contribution in [2.24, 2.45) is 23.7 Å². The summed E-state index contributed by atoms with van der Waals surface area (Å²) < 4.78 is 0. The standard InChI is InChI=1S/C18H36N2/c1-15(2)12-19-13-18-8-10-20(14-18)9-7-17-6-4-5-16(3)11-17/h15-19H,4-14H2,1-3H3. The second-order valence-corrected chi connectivity index (χ2v) is 7.93. The van der Waals surface area contributed by atoms with Gasteiger partial charge in [0.25, 0.3) is 0 Å². The van der Waals surface area contributed by atoms with Crippen molar-refractivity contribution in [3.05, 3.63) is 0 Å². The smallest absolute Gasteiger partial charge is 0.00223 e. The third-order valence-corrected chi connectivity index (χ3v) is 5.25. The Labute approximate surface area is 126 Å². The van der Waals surface area contributed by atoms with Gasteiger partial charge < -0.3 is 10.2 Å². The molecule has 118 valence electrons. The van der Waals surface area contributed by atoms with E-state index in [1.54, 1.807) is 0 Å². The second kappa shape index (κ2) is 8.38. The first-order valence-corrected chi connectivity index (χ1v) is 9.06. The van der Waals surface area contributed by atoms with Crippen LogP contribution in [0.5, 0.6) is 0 Å². The molecule has 2 nitrogen and oxygen atoms in total. The Bertz CT molecular complexity index is 264. The Kier molecular flexibility index (Phi) is 6.83. The molecule has 0 bridgehead atoms. The van der Waals surface area contributed by atoms with E-state index in [1.165, 1.54) is 71.2 Å². The Hall–Kier alpha value is -0.0800. The van der Waals surface area contributed by atoms with Gasteiger partial charge >= 0.3 is 0 Å². The molecule has 2 aliphatic rings. The predicted octanol–water partition coefficient (Wildman–Crippen LogP) is 3.77. The van der Waals surface area contributed by atoms with Crippen LogP contribution in [0.1, 0.15) is 59.3 Å². The third kappa shape index (κ3) is 5.73. The molecular weight excluding hydrogens is 244 g/mol. The van der Waals surface area contributed by atoms with Crippen LogP contribution < -0.4 is 5.32 Å². The first-order chi connectivity index (χ1) is 9.63. The van der Waals surface area contributed by atoms with Crippen LogP contribution in [0.2, 0.25) is 0 Å². The lowest BCUT2D eigenvalue weighted by Crippen LogP contribution is -2.29. The van der Waals surface area contributed by atoms with Crippen molar-refractivity contribution in [1.82, 2.24) is 10.2 Å². The fourth-order valence-electron chi connectivity index (χ4n) is 4.05. The summed E-state index contributed by atoms with van der Waals surface area (Å²) >= 11 is 0. The van der Waals surface area contributed by atoms with Gasteiger partial charge in [-0.1, -0.05) is 40.0 Å². The van der Waals surface area contributed by atoms with E-state index in [4.69, 9.17) is 0 Å². The summed E-state index contributed by atoms with van der Waals surface area (Å²) in [4.78, 5) is 2.72. The number of nitrogens with zero attached hydrogens (tertiary/aromatic N) is 1. The van der Waals surface area contributed by atoms with Crippen molar-refractivity contribution in [1.29, 1.82) is 0 Å². The SMILES string of the molecule is CC(C)CNCC1CCN(CCC2CCCC(C)C2)C1. The zero-order chi connectivity index (χ0) is 14.4. The van der Waals surface area contributed by atoms with Gasteiger partial charge in [0, 0.05) is 6.54 Å². The molecule has 0 aromatic heterocycles. The van der Waals surface area contributed by atoms with Crippen LogP contribution in [0.15, 0.2) is 0 Å². The fraction of sp³-hybridized carbons (Fsp3) is 1.00. The minimum atomic E-state index is 0.779. The van der Waals surface area contributed by atoms with Gasteiger partial charge in [-0.15, -0.1) is 0 Å². The quantitative estimate of drug-likeness (QED) is 0.763. The van der Waals surface area contributed by atoms with Gasteiger partial charge in [-0.05, 0) is 69.1 Å². The van der Waals surface area contributed by atoms with Gasteiger partial charge in [-0.2, -0.15) is 0 Å². The van der Waals surface area contributed by atoms with Crippen LogP contribution in [0, 0.1) is 23.7 Å². The van der Waals surface area contributed by atoms with Gasteiger partial charge in [0.05, 0.1) is 0 Å². The lowest BCUT2D eigenvalue weighted by atomic mass is 9.81. The molecule has 1 saturated carbocycles. The van der Waals surface area contributed by atoms with Gasteiger partial charge in [0.2, 0.25) is 0 Å². The monoisotopic (exact) mass is 280 g/mol. The Morgan fingerprint density at radius 2 is 2.00 bits per heavy atom. The number of hydrogen-bond donors (Lipinski definition) is 1. The van der Waals surface area contributed by atoms with E-state index in [0.717, 1.165) is 23.7 Å². The van der Waals surface area contributed by atoms with Crippen molar-refractivity contribution in [2.75, 3.05) is 32.7 Å². The summed E-state index contributed by atoms with van der Waals surface area (Å²) in [6.45, 7) is 13.5. The lowest BCUT2D eigenvalue weighted by Gasteiger charge is -2.28. The summed E-state index contributed by atoms with van der Waals surface area (Å²) in [5.74, 6) is 3.69. The molecule has 20 heavy (non-hydrogen) atoms. The van der Waals surface area contributed by atoms with Crippen molar-refractivity contribution in [3.63, 3.8) is 0 Å². The molecule has 3 atom stereocenters. The van der Waals surface area contributed by atoms with Crippen molar-refractivity contribution < 1.29 is 0 Å². The van der Waals surface area contributed by atoms with Gasteiger partial charge in [-0.25, -0.2) is 0 Å². The summed E-state index contributed by atoms with van der Waals surface area (Å²) in [5, 5.41) is 3.63. The molecule has 1 N–H and O–H groups in total. The summed E-state index contributed by atoms with van der Waals surface area (Å²) in [5.41, 5.74) is 0. The molecule has 2 fully saturated rings. The lowest BCUT2D eigenvalue weighted by molar-refractivity contribution is 0.228. The first-order valence-electron chi connectivity index (χ1n) is 9.06. The molecule has 3 unspecified atom stereocenters. The molecule has 1 aliphatic carbocycles. The topological polar surface area (TPSA) is 15.3 Å². The number of hydrogen-bond acceptors (Lipinski definition) is 2. The van der Waals surface area contributed by atoms with Crippen LogP contribution in [0.4, 0.5) is 0 Å². The molecule has 0 spiro atoms. The summed E-state index contributed by atoms with van der Waals surface area (Å²) in [6.07, 6.45) is 8.81. The average Bonchev–Trinajstić information content (AvgIpc) is 2.84. The minimum Gasteiger partial charge on any atom is -0.316 e. The second-order valence-electron chi connectivity index (χ2n) is 7.93. The van der Waals surface area contributed by atoms with Crippen molar-refractivity contribution in [2.45, 2.75) is 59.3 Å². The van der Waals surface area contributed by atoms with Crippen LogP contribution in [-0.4, -0.2) is 37.6 Å². The van der Waals surface area contributed by atoms with E-state index in [0.29, 0.717) is 0 Å². The Morgan fingerprint density at radius 1 is 1.15 bits per heavy atom. The predicted molar refractivity (Wildman–Crippen MR) is 88.0 cm³/mol. The van der Waals surface area contributed by atoms with Crippen LogP contribution >= 0.6 is 0 Å². The zero-order valence-electron chi connectivity index (χ0n) is 14.0. The van der Waals surface area contributed by atoms with Crippen LogP contribution in [-0.2, 0) is 0 Å². The minimum absolute atomic E-state index is 0.779. The van der Waals surface area contributed by atoms with E-state index in [9.17, 15) is 0 Å². The highest BCUT2D eigenvalue weighted by molar-refractivity contribution is 4.79. The fourth-order valence-corrected chi connectivity index (χ4v) is 4.05. The Balaban J connectivity index is 1.56. The maximum Gasteiger partial charge on any atom is 0.00223 e. The van der Waals surface area contributed by atoms with Gasteiger partial charge in [-0.3, -0.25) is 0 Å². The average molecular weight is 280 g/mol. The largest absolute Gasteiger partial charge is 0.316 e. The molecular formula is C18H36N2. The molecule has 1 aliphatic heterocycles. The number of rotatable bonds is 7. The molecule has 2 heteroatoms. The number of likely N-dealkylation sites (tertiary alicyclic amines) is 1. The Morgan fingerprint density at radius 3 is 2.75 bits per heavy atom. The number of nitrogens with one attached hydrogen (secondary N) is 1. The molecule has 1 heterocycles. The maximum absolute atomic E-state index is 3.63. The van der Waals surface area contributed by atoms with Crippen LogP contribution in [0.25, 0.3) is 0 Å². The third-order valence-electron chi connectivity index (χ3n) is 5.25. The van der Waals surface area contributed by atoms with Gasteiger partial charge in [0.1, 0.15) is 0 Å². The zero-order valence-corrected chi connectivity index (χ0v) is 14.0. The molecule has 2 rings (SSSR count). The molecule has 0 amide bonds. The normalized spacial score (nSPS) is 32.1. The van der Waals surface area contributed by atoms with E-state index in [1.807, 2.05) is 0 Å². The van der Waals surface area contributed by atoms with E-state index < -0.39 is 0 Å². The molecule has 1 saturated heterocycles.